The number of hydrogen-bond donors (Lipinski definition) is 3. The normalized spacial score (nSPS) is 14.9. The number of carbonyl (C=O) groups excluding carboxylic acids is 1. The summed E-state index contributed by atoms with van der Waals surface area (Å²) >= 11 is 0.611. The molecule has 0 spiro atoms. The van der Waals surface area contributed by atoms with Gasteiger partial charge in [-0.25, -0.2) is 9.78 Å². The highest BCUT2D eigenvalue weighted by Crippen LogP contribution is 2.44. The standard InChI is InChI=1S/C23H21F3N2O4S/c24-23(25,26)19-12-33-21(28-19)20(30)18(29)9-10-27-22(31)32-11-17-15-7-3-1-5-13(15)14-6-2-4-8-16(14)17/h1-8,12,17-18,20,29-30H,9-11H2,(H,27,31). The summed E-state index contributed by atoms with van der Waals surface area (Å²) in [6.07, 6.45) is -8.38. The van der Waals surface area contributed by atoms with E-state index in [1.165, 1.54) is 0 Å². The molecule has 6 nitrogen and oxygen atoms in total. The number of fused-ring (bicyclic) bond motifs is 3. The van der Waals surface area contributed by atoms with Crippen LogP contribution in [0.5, 0.6) is 0 Å². The molecule has 33 heavy (non-hydrogen) atoms. The van der Waals surface area contributed by atoms with Gasteiger partial charge in [-0.1, -0.05) is 48.5 Å². The summed E-state index contributed by atoms with van der Waals surface area (Å²) in [7, 11) is 0. The Balaban J connectivity index is 1.27. The Hall–Kier alpha value is -2.95. The second kappa shape index (κ2) is 9.50. The molecule has 3 N–H and O–H groups in total. The van der Waals surface area contributed by atoms with Crippen LogP contribution < -0.4 is 5.32 Å². The summed E-state index contributed by atoms with van der Waals surface area (Å²) in [6.45, 7) is 0.0940. The van der Waals surface area contributed by atoms with Crippen molar-refractivity contribution in [3.63, 3.8) is 0 Å². The van der Waals surface area contributed by atoms with Gasteiger partial charge in [0.1, 0.15) is 17.7 Å². The van der Waals surface area contributed by atoms with Gasteiger partial charge in [-0.15, -0.1) is 11.3 Å². The van der Waals surface area contributed by atoms with Gasteiger partial charge in [0.15, 0.2) is 5.69 Å². The van der Waals surface area contributed by atoms with E-state index in [1.807, 2.05) is 48.5 Å². The molecule has 0 saturated carbocycles. The molecule has 0 bridgehead atoms. The number of alkyl halides is 3. The lowest BCUT2D eigenvalue weighted by Gasteiger charge is -2.17. The number of aliphatic hydroxyl groups is 2. The maximum Gasteiger partial charge on any atom is 0.434 e. The SMILES string of the molecule is O=C(NCCC(O)C(O)c1nc(C(F)(F)F)cs1)OCC1c2ccccc2-c2ccccc21. The van der Waals surface area contributed by atoms with E-state index in [0.29, 0.717) is 11.3 Å². The lowest BCUT2D eigenvalue weighted by molar-refractivity contribution is -0.141. The number of benzene rings is 2. The minimum absolute atomic E-state index is 0.0353. The molecule has 0 radical (unpaired) electrons. The van der Waals surface area contributed by atoms with E-state index in [-0.39, 0.29) is 30.5 Å². The number of alkyl carbamates (subject to hydrolysis) is 1. The fraction of sp³-hybridized carbons (Fsp3) is 0.304. The monoisotopic (exact) mass is 478 g/mol. The van der Waals surface area contributed by atoms with Crippen LogP contribution >= 0.6 is 11.3 Å². The van der Waals surface area contributed by atoms with Gasteiger partial charge in [0.2, 0.25) is 0 Å². The van der Waals surface area contributed by atoms with Crippen molar-refractivity contribution in [3.05, 3.63) is 75.7 Å². The van der Waals surface area contributed by atoms with E-state index in [4.69, 9.17) is 4.74 Å². The molecular weight excluding hydrogens is 457 g/mol. The Kier molecular flexibility index (Phi) is 6.68. The third-order valence-electron chi connectivity index (χ3n) is 5.48. The van der Waals surface area contributed by atoms with Crippen LogP contribution in [0.2, 0.25) is 0 Å². The largest absolute Gasteiger partial charge is 0.449 e. The fourth-order valence-electron chi connectivity index (χ4n) is 3.85. The number of thiazole rings is 1. The van der Waals surface area contributed by atoms with Crippen LogP contribution in [0.1, 0.15) is 40.3 Å². The van der Waals surface area contributed by atoms with Gasteiger partial charge in [-0.2, -0.15) is 13.2 Å². The summed E-state index contributed by atoms with van der Waals surface area (Å²) in [5.41, 5.74) is 3.24. The Morgan fingerprint density at radius 3 is 2.27 bits per heavy atom. The van der Waals surface area contributed by atoms with Gasteiger partial charge in [0.25, 0.3) is 0 Å². The third kappa shape index (κ3) is 5.02. The van der Waals surface area contributed by atoms with Crippen molar-refractivity contribution in [2.24, 2.45) is 0 Å². The van der Waals surface area contributed by atoms with Crippen molar-refractivity contribution in [1.82, 2.24) is 10.3 Å². The number of rotatable bonds is 7. The molecule has 174 valence electrons. The molecule has 1 aliphatic rings. The number of nitrogens with one attached hydrogen (secondary N) is 1. The molecule has 1 aliphatic carbocycles. The lowest BCUT2D eigenvalue weighted by atomic mass is 9.98. The zero-order valence-electron chi connectivity index (χ0n) is 17.2. The van der Waals surface area contributed by atoms with Gasteiger partial charge in [-0.3, -0.25) is 0 Å². The molecule has 4 rings (SSSR count). The molecule has 0 aliphatic heterocycles. The topological polar surface area (TPSA) is 91.7 Å². The second-order valence-corrected chi connectivity index (χ2v) is 8.51. The molecule has 2 aromatic carbocycles. The van der Waals surface area contributed by atoms with E-state index >= 15 is 0 Å². The van der Waals surface area contributed by atoms with Gasteiger partial charge < -0.3 is 20.3 Å². The molecule has 0 saturated heterocycles. The number of nitrogens with zero attached hydrogens (tertiary/aromatic N) is 1. The molecule has 10 heteroatoms. The predicted molar refractivity (Wildman–Crippen MR) is 116 cm³/mol. The highest BCUT2D eigenvalue weighted by atomic mass is 32.1. The summed E-state index contributed by atoms with van der Waals surface area (Å²) in [5.74, 6) is -0.0942. The van der Waals surface area contributed by atoms with Crippen molar-refractivity contribution in [3.8, 4) is 11.1 Å². The number of carbonyl (C=O) groups is 1. The lowest BCUT2D eigenvalue weighted by Crippen LogP contribution is -2.30. The second-order valence-electron chi connectivity index (χ2n) is 7.62. The maximum atomic E-state index is 12.6. The highest BCUT2D eigenvalue weighted by Gasteiger charge is 2.35. The van der Waals surface area contributed by atoms with Crippen LogP contribution in [0.25, 0.3) is 11.1 Å². The zero-order chi connectivity index (χ0) is 23.6. The minimum atomic E-state index is -4.62. The Morgan fingerprint density at radius 1 is 1.09 bits per heavy atom. The van der Waals surface area contributed by atoms with Crippen molar-refractivity contribution in [2.75, 3.05) is 13.2 Å². The summed E-state index contributed by atoms with van der Waals surface area (Å²) in [6, 6.07) is 15.8. The third-order valence-corrected chi connectivity index (χ3v) is 6.40. The number of ether oxygens (including phenoxy) is 1. The van der Waals surface area contributed by atoms with Gasteiger partial charge in [0, 0.05) is 17.8 Å². The van der Waals surface area contributed by atoms with Crippen LogP contribution in [0.15, 0.2) is 53.9 Å². The fourth-order valence-corrected chi connectivity index (χ4v) is 4.71. The van der Waals surface area contributed by atoms with E-state index in [0.717, 1.165) is 27.6 Å². The van der Waals surface area contributed by atoms with E-state index in [2.05, 4.69) is 10.3 Å². The van der Waals surface area contributed by atoms with E-state index in [9.17, 15) is 28.2 Å². The van der Waals surface area contributed by atoms with Gasteiger partial charge in [-0.05, 0) is 28.7 Å². The quantitative estimate of drug-likeness (QED) is 0.466. The van der Waals surface area contributed by atoms with Crippen molar-refractivity contribution < 1.29 is 32.9 Å². The summed E-state index contributed by atoms with van der Waals surface area (Å²) in [4.78, 5) is 15.5. The molecule has 1 heterocycles. The Labute approximate surface area is 191 Å². The number of halogens is 3. The summed E-state index contributed by atoms with van der Waals surface area (Å²) in [5, 5.41) is 23.1. The maximum absolute atomic E-state index is 12.6. The highest BCUT2D eigenvalue weighted by molar-refractivity contribution is 7.09. The van der Waals surface area contributed by atoms with E-state index in [1.54, 1.807) is 0 Å². The number of hydrogen-bond acceptors (Lipinski definition) is 6. The van der Waals surface area contributed by atoms with Gasteiger partial charge in [0.05, 0.1) is 6.10 Å². The minimum Gasteiger partial charge on any atom is -0.449 e. The average molecular weight is 478 g/mol. The molecule has 1 amide bonds. The zero-order valence-corrected chi connectivity index (χ0v) is 18.1. The number of aliphatic hydroxyl groups excluding tert-OH is 2. The van der Waals surface area contributed by atoms with Crippen molar-refractivity contribution in [1.29, 1.82) is 0 Å². The van der Waals surface area contributed by atoms with Crippen LogP contribution in [0.4, 0.5) is 18.0 Å². The van der Waals surface area contributed by atoms with Crippen LogP contribution in [0, 0.1) is 0 Å². The Morgan fingerprint density at radius 2 is 1.70 bits per heavy atom. The number of amides is 1. The predicted octanol–water partition coefficient (Wildman–Crippen LogP) is 4.49. The summed E-state index contributed by atoms with van der Waals surface area (Å²) < 4.78 is 43.3. The van der Waals surface area contributed by atoms with Crippen LogP contribution in [-0.4, -0.2) is 40.5 Å². The number of aromatic nitrogens is 1. The smallest absolute Gasteiger partial charge is 0.434 e. The van der Waals surface area contributed by atoms with Crippen LogP contribution in [0.3, 0.4) is 0 Å². The van der Waals surface area contributed by atoms with Gasteiger partial charge >= 0.3 is 12.3 Å². The molecule has 1 aromatic heterocycles. The first-order chi connectivity index (χ1) is 15.8. The average Bonchev–Trinajstić information content (AvgIpc) is 3.41. The first-order valence-corrected chi connectivity index (χ1v) is 11.1. The molecule has 2 atom stereocenters. The van der Waals surface area contributed by atoms with Crippen molar-refractivity contribution >= 4 is 17.4 Å². The Bertz CT molecular complexity index is 1090. The first kappa shape index (κ1) is 23.2. The van der Waals surface area contributed by atoms with Crippen molar-refractivity contribution in [2.45, 2.75) is 30.7 Å². The first-order valence-electron chi connectivity index (χ1n) is 10.2. The molecular formula is C23H21F3N2O4S. The molecule has 3 aromatic rings. The van der Waals surface area contributed by atoms with E-state index < -0.39 is 30.2 Å². The molecule has 0 fully saturated rings. The van der Waals surface area contributed by atoms with Crippen LogP contribution in [-0.2, 0) is 10.9 Å². The molecule has 2 unspecified atom stereocenters.